The standard InChI is InChI=1S/C26H38O2/c27-22-14-21-26(28-23-25-18-11-7-12-19-25)20-13-5-3-1-2-4-8-15-24-16-9-6-10-17-24/h6-7,9-12,16-19,26-27H,1-5,8,13-15,20-23H2. The molecule has 0 aliphatic carbocycles. The summed E-state index contributed by atoms with van der Waals surface area (Å²) in [5.74, 6) is 0. The van der Waals surface area contributed by atoms with Crippen molar-refractivity contribution in [3.05, 3.63) is 71.8 Å². The Kier molecular flexibility index (Phi) is 12.4. The number of rotatable bonds is 16. The molecule has 2 aromatic carbocycles. The van der Waals surface area contributed by atoms with E-state index in [1.54, 1.807) is 0 Å². The Morgan fingerprint density at radius 2 is 1.14 bits per heavy atom. The van der Waals surface area contributed by atoms with Crippen LogP contribution in [0.4, 0.5) is 0 Å². The molecule has 0 bridgehead atoms. The van der Waals surface area contributed by atoms with E-state index in [9.17, 15) is 0 Å². The van der Waals surface area contributed by atoms with E-state index >= 15 is 0 Å². The summed E-state index contributed by atoms with van der Waals surface area (Å²) in [6.07, 6.45) is 13.6. The van der Waals surface area contributed by atoms with E-state index in [0.29, 0.717) is 6.61 Å². The van der Waals surface area contributed by atoms with Crippen LogP contribution < -0.4 is 0 Å². The van der Waals surface area contributed by atoms with Crippen LogP contribution in [0.25, 0.3) is 0 Å². The summed E-state index contributed by atoms with van der Waals surface area (Å²) in [6.45, 7) is 0.937. The third-order valence-corrected chi connectivity index (χ3v) is 5.35. The zero-order valence-corrected chi connectivity index (χ0v) is 17.4. The summed E-state index contributed by atoms with van der Waals surface area (Å²) in [4.78, 5) is 0. The molecule has 0 saturated carbocycles. The maximum Gasteiger partial charge on any atom is 0.0720 e. The van der Waals surface area contributed by atoms with E-state index in [0.717, 1.165) is 19.3 Å². The molecule has 2 nitrogen and oxygen atoms in total. The first kappa shape index (κ1) is 22.6. The lowest BCUT2D eigenvalue weighted by Crippen LogP contribution is -2.13. The van der Waals surface area contributed by atoms with E-state index in [-0.39, 0.29) is 12.7 Å². The van der Waals surface area contributed by atoms with Crippen LogP contribution in [0.3, 0.4) is 0 Å². The lowest BCUT2D eigenvalue weighted by atomic mass is 10.0. The number of hydrogen-bond acceptors (Lipinski definition) is 2. The second kappa shape index (κ2) is 15.3. The summed E-state index contributed by atoms with van der Waals surface area (Å²) in [5, 5.41) is 9.13. The van der Waals surface area contributed by atoms with Crippen LogP contribution in [0.15, 0.2) is 60.7 Å². The highest BCUT2D eigenvalue weighted by Gasteiger charge is 2.09. The molecule has 2 heteroatoms. The van der Waals surface area contributed by atoms with Gasteiger partial charge in [0.15, 0.2) is 0 Å². The van der Waals surface area contributed by atoms with Gasteiger partial charge in [0.05, 0.1) is 12.7 Å². The molecule has 0 aliphatic heterocycles. The van der Waals surface area contributed by atoms with E-state index in [1.165, 1.54) is 62.5 Å². The molecule has 0 radical (unpaired) electrons. The monoisotopic (exact) mass is 382 g/mol. The fourth-order valence-corrected chi connectivity index (χ4v) is 3.65. The fraction of sp³-hybridized carbons (Fsp3) is 0.538. The van der Waals surface area contributed by atoms with E-state index in [2.05, 4.69) is 54.6 Å². The molecule has 0 aromatic heterocycles. The van der Waals surface area contributed by atoms with E-state index in [1.807, 2.05) is 6.07 Å². The summed E-state index contributed by atoms with van der Waals surface area (Å²) in [7, 11) is 0. The first-order valence-electron chi connectivity index (χ1n) is 11.2. The van der Waals surface area contributed by atoms with Crippen molar-refractivity contribution in [1.82, 2.24) is 0 Å². The third-order valence-electron chi connectivity index (χ3n) is 5.35. The number of ether oxygens (including phenoxy) is 1. The van der Waals surface area contributed by atoms with Crippen molar-refractivity contribution in [3.8, 4) is 0 Å². The highest BCUT2D eigenvalue weighted by atomic mass is 16.5. The van der Waals surface area contributed by atoms with Crippen molar-refractivity contribution in [3.63, 3.8) is 0 Å². The van der Waals surface area contributed by atoms with Crippen molar-refractivity contribution < 1.29 is 9.84 Å². The number of benzene rings is 2. The van der Waals surface area contributed by atoms with Gasteiger partial charge < -0.3 is 9.84 Å². The van der Waals surface area contributed by atoms with Gasteiger partial charge in [0.2, 0.25) is 0 Å². The van der Waals surface area contributed by atoms with E-state index in [4.69, 9.17) is 9.84 Å². The summed E-state index contributed by atoms with van der Waals surface area (Å²) < 4.78 is 6.12. The molecule has 0 aliphatic rings. The zero-order valence-electron chi connectivity index (χ0n) is 17.4. The summed E-state index contributed by atoms with van der Waals surface area (Å²) >= 11 is 0. The minimum Gasteiger partial charge on any atom is -0.396 e. The Morgan fingerprint density at radius 3 is 1.79 bits per heavy atom. The molecule has 0 fully saturated rings. The van der Waals surface area contributed by atoms with Gasteiger partial charge in [0.1, 0.15) is 0 Å². The van der Waals surface area contributed by atoms with Crippen LogP contribution in [0, 0.1) is 0 Å². The predicted octanol–water partition coefficient (Wildman–Crippen LogP) is 6.71. The van der Waals surface area contributed by atoms with Gasteiger partial charge in [-0.3, -0.25) is 0 Å². The number of aliphatic hydroxyl groups is 1. The van der Waals surface area contributed by atoms with Gasteiger partial charge in [-0.05, 0) is 43.2 Å². The van der Waals surface area contributed by atoms with Crippen molar-refractivity contribution in [1.29, 1.82) is 0 Å². The molecule has 0 spiro atoms. The molecule has 0 amide bonds. The quantitative estimate of drug-likeness (QED) is 0.327. The van der Waals surface area contributed by atoms with Crippen LogP contribution >= 0.6 is 0 Å². The van der Waals surface area contributed by atoms with Crippen LogP contribution in [0.2, 0.25) is 0 Å². The smallest absolute Gasteiger partial charge is 0.0720 e. The normalized spacial score (nSPS) is 12.2. The molecular weight excluding hydrogens is 344 g/mol. The van der Waals surface area contributed by atoms with E-state index < -0.39 is 0 Å². The lowest BCUT2D eigenvalue weighted by Gasteiger charge is -2.17. The van der Waals surface area contributed by atoms with Crippen molar-refractivity contribution in [2.45, 2.75) is 83.3 Å². The van der Waals surface area contributed by atoms with Gasteiger partial charge in [-0.15, -0.1) is 0 Å². The van der Waals surface area contributed by atoms with Gasteiger partial charge in [0.25, 0.3) is 0 Å². The molecular formula is C26H38O2. The molecule has 0 saturated heterocycles. The first-order valence-corrected chi connectivity index (χ1v) is 11.2. The molecule has 1 atom stereocenters. The van der Waals surface area contributed by atoms with Gasteiger partial charge in [-0.25, -0.2) is 0 Å². The first-order chi connectivity index (χ1) is 13.9. The minimum absolute atomic E-state index is 0.258. The summed E-state index contributed by atoms with van der Waals surface area (Å²) in [6, 6.07) is 21.2. The maximum absolute atomic E-state index is 9.13. The van der Waals surface area contributed by atoms with Crippen LogP contribution in [-0.2, 0) is 17.8 Å². The SMILES string of the molecule is OCCCC(CCCCCCCCCc1ccccc1)OCc1ccccc1. The van der Waals surface area contributed by atoms with Crippen molar-refractivity contribution in [2.75, 3.05) is 6.61 Å². The average Bonchev–Trinajstić information content (AvgIpc) is 2.75. The number of hydrogen-bond donors (Lipinski definition) is 1. The van der Waals surface area contributed by atoms with Crippen molar-refractivity contribution in [2.24, 2.45) is 0 Å². The molecule has 1 unspecified atom stereocenters. The maximum atomic E-state index is 9.13. The molecule has 0 heterocycles. The summed E-state index contributed by atoms with van der Waals surface area (Å²) in [5.41, 5.74) is 2.69. The Balaban J connectivity index is 1.49. The Morgan fingerprint density at radius 1 is 0.607 bits per heavy atom. The minimum atomic E-state index is 0.258. The molecule has 2 rings (SSSR count). The molecule has 2 aromatic rings. The Hall–Kier alpha value is -1.64. The van der Waals surface area contributed by atoms with Crippen LogP contribution in [0.5, 0.6) is 0 Å². The van der Waals surface area contributed by atoms with Gasteiger partial charge in [0, 0.05) is 6.61 Å². The molecule has 28 heavy (non-hydrogen) atoms. The number of unbranched alkanes of at least 4 members (excludes halogenated alkanes) is 6. The highest BCUT2D eigenvalue weighted by molar-refractivity contribution is 5.14. The number of aliphatic hydroxyl groups excluding tert-OH is 1. The largest absolute Gasteiger partial charge is 0.396 e. The third kappa shape index (κ3) is 10.6. The lowest BCUT2D eigenvalue weighted by molar-refractivity contribution is 0.0237. The number of aryl methyl sites for hydroxylation is 1. The molecule has 1 N–H and O–H groups in total. The predicted molar refractivity (Wildman–Crippen MR) is 118 cm³/mol. The Labute approximate surface area is 172 Å². The van der Waals surface area contributed by atoms with Crippen LogP contribution in [-0.4, -0.2) is 17.8 Å². The van der Waals surface area contributed by atoms with Gasteiger partial charge in [-0.1, -0.05) is 99.2 Å². The second-order valence-electron chi connectivity index (χ2n) is 7.78. The second-order valence-corrected chi connectivity index (χ2v) is 7.78. The van der Waals surface area contributed by atoms with Gasteiger partial charge >= 0.3 is 0 Å². The van der Waals surface area contributed by atoms with Crippen molar-refractivity contribution >= 4 is 0 Å². The fourth-order valence-electron chi connectivity index (χ4n) is 3.65. The van der Waals surface area contributed by atoms with Crippen LogP contribution in [0.1, 0.15) is 75.3 Å². The van der Waals surface area contributed by atoms with Gasteiger partial charge in [-0.2, -0.15) is 0 Å². The Bertz CT molecular complexity index is 582. The highest BCUT2D eigenvalue weighted by Crippen LogP contribution is 2.16. The zero-order chi connectivity index (χ0) is 19.7. The topological polar surface area (TPSA) is 29.5 Å². The molecule has 154 valence electrons. The average molecular weight is 383 g/mol.